The molecule has 5 rings (SSSR count). The minimum absolute atomic E-state index is 0.501. The molecule has 0 saturated heterocycles. The molecule has 1 aliphatic carbocycles. The number of rotatable bonds is 0. The first-order valence-corrected chi connectivity index (χ1v) is 7.48. The topological polar surface area (TPSA) is 29.5 Å². The number of aliphatic hydroxyl groups is 1. The van der Waals surface area contributed by atoms with Gasteiger partial charge in [-0.15, -0.1) is 0 Å². The van der Waals surface area contributed by atoms with Gasteiger partial charge in [-0.2, -0.15) is 0 Å². The van der Waals surface area contributed by atoms with Crippen molar-refractivity contribution < 1.29 is 9.84 Å². The van der Waals surface area contributed by atoms with Gasteiger partial charge in [-0.25, -0.2) is 0 Å². The highest BCUT2D eigenvalue weighted by Crippen LogP contribution is 2.48. The molecular formula is C20H14O2. The molecule has 0 aromatic heterocycles. The van der Waals surface area contributed by atoms with E-state index in [-0.39, 0.29) is 0 Å². The molecule has 22 heavy (non-hydrogen) atoms. The van der Waals surface area contributed by atoms with Gasteiger partial charge in [0, 0.05) is 17.6 Å². The van der Waals surface area contributed by atoms with Gasteiger partial charge in [0.25, 0.3) is 0 Å². The van der Waals surface area contributed by atoms with Gasteiger partial charge in [-0.05, 0) is 34.0 Å². The van der Waals surface area contributed by atoms with E-state index >= 15 is 0 Å². The summed E-state index contributed by atoms with van der Waals surface area (Å²) < 4.78 is 6.02. The molecule has 0 bridgehead atoms. The Balaban J connectivity index is 1.83. The van der Waals surface area contributed by atoms with Crippen molar-refractivity contribution in [1.29, 1.82) is 0 Å². The molecule has 0 saturated carbocycles. The van der Waals surface area contributed by atoms with Crippen LogP contribution in [0.15, 0.2) is 60.7 Å². The number of ether oxygens (including phenoxy) is 1. The van der Waals surface area contributed by atoms with Gasteiger partial charge in [-0.3, -0.25) is 0 Å². The van der Waals surface area contributed by atoms with Crippen LogP contribution in [-0.4, -0.2) is 10.9 Å². The first-order chi connectivity index (χ1) is 10.7. The first-order valence-electron chi connectivity index (χ1n) is 7.48. The standard InChI is InChI=1S/C20H14O2/c21-20-12-14-6-2-4-8-16(14)18(20)11-17-15-7-3-1-5-13(15)9-10-19(17)22-20/h1-11,21H,12H2. The van der Waals surface area contributed by atoms with Crippen molar-refractivity contribution in [2.75, 3.05) is 0 Å². The highest BCUT2D eigenvalue weighted by molar-refractivity contribution is 6.01. The predicted octanol–water partition coefficient (Wildman–Crippen LogP) is 4.02. The minimum Gasteiger partial charge on any atom is -0.457 e. The summed E-state index contributed by atoms with van der Waals surface area (Å²) >= 11 is 0. The summed E-state index contributed by atoms with van der Waals surface area (Å²) in [6.07, 6.45) is 2.59. The second-order valence-corrected chi connectivity index (χ2v) is 5.98. The lowest BCUT2D eigenvalue weighted by Gasteiger charge is -2.31. The van der Waals surface area contributed by atoms with Crippen LogP contribution in [0.25, 0.3) is 22.4 Å². The highest BCUT2D eigenvalue weighted by atomic mass is 16.6. The minimum atomic E-state index is -1.24. The lowest BCUT2D eigenvalue weighted by molar-refractivity contribution is -0.0799. The fourth-order valence-electron chi connectivity index (χ4n) is 3.62. The average Bonchev–Trinajstić information content (AvgIpc) is 2.84. The van der Waals surface area contributed by atoms with Gasteiger partial charge in [-0.1, -0.05) is 54.6 Å². The molecule has 2 aliphatic rings. The Bertz CT molecular complexity index is 955. The molecule has 2 heteroatoms. The summed E-state index contributed by atoms with van der Waals surface area (Å²) in [7, 11) is 0. The Morgan fingerprint density at radius 3 is 2.68 bits per heavy atom. The van der Waals surface area contributed by atoms with Crippen LogP contribution >= 0.6 is 0 Å². The van der Waals surface area contributed by atoms with Gasteiger partial charge in [0.1, 0.15) is 5.75 Å². The third-order valence-corrected chi connectivity index (χ3v) is 4.66. The molecule has 1 unspecified atom stereocenters. The molecule has 1 heterocycles. The van der Waals surface area contributed by atoms with Crippen molar-refractivity contribution in [1.82, 2.24) is 0 Å². The number of hydrogen-bond donors (Lipinski definition) is 1. The van der Waals surface area contributed by atoms with Crippen LogP contribution in [0, 0.1) is 0 Å². The predicted molar refractivity (Wildman–Crippen MR) is 87.5 cm³/mol. The zero-order valence-corrected chi connectivity index (χ0v) is 11.9. The fourth-order valence-corrected chi connectivity index (χ4v) is 3.62. The Hall–Kier alpha value is -2.58. The Kier molecular flexibility index (Phi) is 2.18. The molecule has 1 atom stereocenters. The maximum absolute atomic E-state index is 11.0. The van der Waals surface area contributed by atoms with Crippen LogP contribution < -0.4 is 4.74 Å². The Labute approximate surface area is 128 Å². The molecule has 2 nitrogen and oxygen atoms in total. The summed E-state index contributed by atoms with van der Waals surface area (Å²) in [6, 6.07) is 20.4. The molecule has 3 aromatic rings. The quantitative estimate of drug-likeness (QED) is 0.676. The highest BCUT2D eigenvalue weighted by Gasteiger charge is 2.45. The van der Waals surface area contributed by atoms with Crippen LogP contribution in [0.4, 0.5) is 0 Å². The molecule has 0 amide bonds. The number of benzene rings is 3. The smallest absolute Gasteiger partial charge is 0.239 e. The lowest BCUT2D eigenvalue weighted by atomic mass is 9.95. The fraction of sp³-hybridized carbons (Fsp3) is 0.100. The second kappa shape index (κ2) is 3.99. The van der Waals surface area contributed by atoms with Crippen molar-refractivity contribution in [3.05, 3.63) is 77.4 Å². The van der Waals surface area contributed by atoms with Crippen LogP contribution in [0.2, 0.25) is 0 Å². The van der Waals surface area contributed by atoms with Crippen LogP contribution in [0.1, 0.15) is 16.7 Å². The maximum atomic E-state index is 11.0. The summed E-state index contributed by atoms with van der Waals surface area (Å²) in [4.78, 5) is 0. The third kappa shape index (κ3) is 1.48. The van der Waals surface area contributed by atoms with Crippen molar-refractivity contribution in [2.45, 2.75) is 12.2 Å². The molecule has 106 valence electrons. The van der Waals surface area contributed by atoms with Gasteiger partial charge < -0.3 is 9.84 Å². The van der Waals surface area contributed by atoms with E-state index < -0.39 is 5.79 Å². The maximum Gasteiger partial charge on any atom is 0.239 e. The van der Waals surface area contributed by atoms with Crippen molar-refractivity contribution in [3.8, 4) is 5.75 Å². The van der Waals surface area contributed by atoms with Crippen LogP contribution in [0.5, 0.6) is 5.75 Å². The Morgan fingerprint density at radius 2 is 1.73 bits per heavy atom. The van der Waals surface area contributed by atoms with Gasteiger partial charge in [0.2, 0.25) is 5.79 Å². The summed E-state index contributed by atoms with van der Waals surface area (Å²) in [6.45, 7) is 0. The van der Waals surface area contributed by atoms with E-state index in [1.807, 2.05) is 36.4 Å². The Morgan fingerprint density at radius 1 is 0.909 bits per heavy atom. The van der Waals surface area contributed by atoms with E-state index in [4.69, 9.17) is 4.74 Å². The zero-order chi connectivity index (χ0) is 14.7. The van der Waals surface area contributed by atoms with E-state index in [9.17, 15) is 5.11 Å². The van der Waals surface area contributed by atoms with E-state index in [1.165, 1.54) is 5.39 Å². The van der Waals surface area contributed by atoms with E-state index in [0.29, 0.717) is 6.42 Å². The molecule has 1 aliphatic heterocycles. The zero-order valence-electron chi connectivity index (χ0n) is 11.9. The number of fused-ring (bicyclic) bond motifs is 6. The molecule has 0 spiro atoms. The van der Waals surface area contributed by atoms with Crippen LogP contribution in [-0.2, 0) is 6.42 Å². The van der Waals surface area contributed by atoms with Gasteiger partial charge >= 0.3 is 0 Å². The van der Waals surface area contributed by atoms with E-state index in [2.05, 4.69) is 30.3 Å². The largest absolute Gasteiger partial charge is 0.457 e. The molecular weight excluding hydrogens is 272 g/mol. The van der Waals surface area contributed by atoms with E-state index in [0.717, 1.165) is 33.4 Å². The normalized spacial score (nSPS) is 21.6. The molecule has 3 aromatic carbocycles. The molecule has 1 N–H and O–H groups in total. The second-order valence-electron chi connectivity index (χ2n) is 5.98. The average molecular weight is 286 g/mol. The van der Waals surface area contributed by atoms with E-state index in [1.54, 1.807) is 0 Å². The van der Waals surface area contributed by atoms with Crippen molar-refractivity contribution >= 4 is 22.4 Å². The van der Waals surface area contributed by atoms with Crippen molar-refractivity contribution in [2.24, 2.45) is 0 Å². The van der Waals surface area contributed by atoms with Crippen LogP contribution in [0.3, 0.4) is 0 Å². The third-order valence-electron chi connectivity index (χ3n) is 4.66. The number of hydrogen-bond acceptors (Lipinski definition) is 2. The monoisotopic (exact) mass is 286 g/mol. The van der Waals surface area contributed by atoms with Gasteiger partial charge in [0.15, 0.2) is 0 Å². The summed E-state index contributed by atoms with van der Waals surface area (Å²) in [5.74, 6) is -0.489. The summed E-state index contributed by atoms with van der Waals surface area (Å²) in [5, 5.41) is 13.3. The molecule has 0 radical (unpaired) electrons. The lowest BCUT2D eigenvalue weighted by Crippen LogP contribution is -2.37. The van der Waals surface area contributed by atoms with Crippen molar-refractivity contribution in [3.63, 3.8) is 0 Å². The first kappa shape index (κ1) is 12.0. The van der Waals surface area contributed by atoms with Gasteiger partial charge in [0.05, 0.1) is 0 Å². The SMILES string of the molecule is OC12Cc3ccccc3C1=Cc1c(ccc3ccccc13)O2. The molecule has 0 fully saturated rings. The summed E-state index contributed by atoms with van der Waals surface area (Å²) in [5.41, 5.74) is 4.14.